The first-order valence-electron chi connectivity index (χ1n) is 6.18. The Morgan fingerprint density at radius 3 is 2.89 bits per heavy atom. The molecule has 1 aliphatic rings. The Bertz CT molecular complexity index is 632. The van der Waals surface area contributed by atoms with Gasteiger partial charge in [0.2, 0.25) is 0 Å². The average Bonchev–Trinajstić information content (AvgIpc) is 2.83. The molecule has 5 heteroatoms. The second-order valence-electron chi connectivity index (χ2n) is 4.67. The van der Waals surface area contributed by atoms with Crippen molar-refractivity contribution < 1.29 is 0 Å². The summed E-state index contributed by atoms with van der Waals surface area (Å²) in [5.41, 5.74) is 6.88. The molecule has 1 heterocycles. The number of nitrogens with one attached hydrogen (secondary N) is 1. The van der Waals surface area contributed by atoms with Gasteiger partial charge in [0.15, 0.2) is 5.16 Å². The van der Waals surface area contributed by atoms with E-state index >= 15 is 0 Å². The molecule has 4 nitrogen and oxygen atoms in total. The van der Waals surface area contributed by atoms with Gasteiger partial charge >= 0.3 is 0 Å². The van der Waals surface area contributed by atoms with Crippen LogP contribution in [0.2, 0.25) is 0 Å². The van der Waals surface area contributed by atoms with Crippen LogP contribution in [-0.2, 0) is 0 Å². The Balaban J connectivity index is 1.99. The number of aromatic nitrogens is 2. The highest BCUT2D eigenvalue weighted by Crippen LogP contribution is 2.32. The van der Waals surface area contributed by atoms with Gasteiger partial charge in [0.25, 0.3) is 5.56 Å². The summed E-state index contributed by atoms with van der Waals surface area (Å²) in [6.45, 7) is 0. The Hall–Kier alpha value is -1.49. The maximum atomic E-state index is 12.0. The van der Waals surface area contributed by atoms with E-state index in [1.54, 1.807) is 30.0 Å². The molecular formula is C13H15N3OS. The van der Waals surface area contributed by atoms with Crippen LogP contribution in [0.4, 0.5) is 5.69 Å². The first kappa shape index (κ1) is 11.6. The number of hydrogen-bond acceptors (Lipinski definition) is 4. The molecule has 18 heavy (non-hydrogen) atoms. The van der Waals surface area contributed by atoms with Gasteiger partial charge in [0, 0.05) is 10.9 Å². The molecule has 3 rings (SSSR count). The Morgan fingerprint density at radius 1 is 1.33 bits per heavy atom. The van der Waals surface area contributed by atoms with Crippen molar-refractivity contribution >= 4 is 28.4 Å². The van der Waals surface area contributed by atoms with E-state index in [4.69, 9.17) is 5.73 Å². The fourth-order valence-corrected chi connectivity index (χ4v) is 3.54. The van der Waals surface area contributed by atoms with Crippen molar-refractivity contribution in [2.45, 2.75) is 36.1 Å². The zero-order valence-corrected chi connectivity index (χ0v) is 10.8. The summed E-state index contributed by atoms with van der Waals surface area (Å²) in [5, 5.41) is 1.88. The summed E-state index contributed by atoms with van der Waals surface area (Å²) in [6.07, 6.45) is 5.00. The van der Waals surface area contributed by atoms with Crippen molar-refractivity contribution in [2.24, 2.45) is 0 Å². The van der Waals surface area contributed by atoms with E-state index in [0.29, 0.717) is 21.8 Å². The van der Waals surface area contributed by atoms with Crippen molar-refractivity contribution in [3.63, 3.8) is 0 Å². The van der Waals surface area contributed by atoms with Crippen LogP contribution in [-0.4, -0.2) is 15.2 Å². The van der Waals surface area contributed by atoms with Crippen molar-refractivity contribution in [2.75, 3.05) is 5.73 Å². The molecule has 94 valence electrons. The SMILES string of the molecule is Nc1ccc2nc(SC3CCCC3)[nH]c(=O)c2c1. The van der Waals surface area contributed by atoms with Gasteiger partial charge in [-0.15, -0.1) is 0 Å². The van der Waals surface area contributed by atoms with Crippen LogP contribution in [0.5, 0.6) is 0 Å². The Labute approximate surface area is 109 Å². The highest BCUT2D eigenvalue weighted by atomic mass is 32.2. The predicted octanol–water partition coefficient (Wildman–Crippen LogP) is 2.54. The van der Waals surface area contributed by atoms with E-state index < -0.39 is 0 Å². The summed E-state index contributed by atoms with van der Waals surface area (Å²) >= 11 is 1.69. The van der Waals surface area contributed by atoms with E-state index in [-0.39, 0.29) is 5.56 Å². The third-order valence-corrected chi connectivity index (χ3v) is 4.51. The molecule has 1 fully saturated rings. The number of nitrogen functional groups attached to an aromatic ring is 1. The van der Waals surface area contributed by atoms with E-state index in [1.165, 1.54) is 25.7 Å². The number of hydrogen-bond donors (Lipinski definition) is 2. The molecule has 0 amide bonds. The number of thioether (sulfide) groups is 1. The molecule has 1 aromatic carbocycles. The lowest BCUT2D eigenvalue weighted by molar-refractivity contribution is 0.886. The molecule has 0 radical (unpaired) electrons. The van der Waals surface area contributed by atoms with Gasteiger partial charge in [0.05, 0.1) is 10.9 Å². The van der Waals surface area contributed by atoms with E-state index in [1.807, 2.05) is 0 Å². The summed E-state index contributed by atoms with van der Waals surface area (Å²) in [7, 11) is 0. The maximum absolute atomic E-state index is 12.0. The third-order valence-electron chi connectivity index (χ3n) is 3.29. The lowest BCUT2D eigenvalue weighted by Crippen LogP contribution is -2.10. The fraction of sp³-hybridized carbons (Fsp3) is 0.385. The standard InChI is InChI=1S/C13H15N3OS/c14-8-5-6-11-10(7-8)12(17)16-13(15-11)18-9-3-1-2-4-9/h5-7,9H,1-4,14H2,(H,15,16,17). The minimum Gasteiger partial charge on any atom is -0.399 e. The van der Waals surface area contributed by atoms with Gasteiger partial charge in [-0.05, 0) is 31.0 Å². The zero-order valence-electron chi connectivity index (χ0n) is 9.98. The van der Waals surface area contributed by atoms with Crippen molar-refractivity contribution in [1.29, 1.82) is 0 Å². The summed E-state index contributed by atoms with van der Waals surface area (Å²) < 4.78 is 0. The first-order chi connectivity index (χ1) is 8.72. The molecule has 0 bridgehead atoms. The number of H-pyrrole nitrogens is 1. The first-order valence-corrected chi connectivity index (χ1v) is 7.06. The highest BCUT2D eigenvalue weighted by Gasteiger charge is 2.17. The van der Waals surface area contributed by atoms with E-state index in [2.05, 4.69) is 9.97 Å². The zero-order chi connectivity index (χ0) is 12.5. The summed E-state index contributed by atoms with van der Waals surface area (Å²) in [5.74, 6) is 0. The normalized spacial score (nSPS) is 16.4. The number of rotatable bonds is 2. The lowest BCUT2D eigenvalue weighted by atomic mass is 10.2. The van der Waals surface area contributed by atoms with Crippen molar-refractivity contribution in [3.8, 4) is 0 Å². The molecular weight excluding hydrogens is 246 g/mol. The van der Waals surface area contributed by atoms with Gasteiger partial charge in [0.1, 0.15) is 0 Å². The minimum absolute atomic E-state index is 0.104. The Morgan fingerprint density at radius 2 is 2.11 bits per heavy atom. The molecule has 0 unspecified atom stereocenters. The van der Waals surface area contributed by atoms with E-state index in [0.717, 1.165) is 5.16 Å². The lowest BCUT2D eigenvalue weighted by Gasteiger charge is -2.08. The van der Waals surface area contributed by atoms with Gasteiger partial charge in [-0.25, -0.2) is 4.98 Å². The van der Waals surface area contributed by atoms with Crippen LogP contribution in [0, 0.1) is 0 Å². The quantitative estimate of drug-likeness (QED) is 0.643. The number of fused-ring (bicyclic) bond motifs is 1. The monoisotopic (exact) mass is 261 g/mol. The molecule has 1 aromatic heterocycles. The van der Waals surface area contributed by atoms with Crippen LogP contribution in [0.25, 0.3) is 10.9 Å². The van der Waals surface area contributed by atoms with Gasteiger partial charge in [-0.3, -0.25) is 4.79 Å². The summed E-state index contributed by atoms with van der Waals surface area (Å²) in [4.78, 5) is 19.3. The van der Waals surface area contributed by atoms with Crippen LogP contribution < -0.4 is 11.3 Å². The number of aromatic amines is 1. The van der Waals surface area contributed by atoms with Crippen molar-refractivity contribution in [3.05, 3.63) is 28.6 Å². The van der Waals surface area contributed by atoms with Gasteiger partial charge < -0.3 is 10.7 Å². The molecule has 0 atom stereocenters. The topological polar surface area (TPSA) is 71.8 Å². The molecule has 2 aromatic rings. The van der Waals surface area contributed by atoms with E-state index in [9.17, 15) is 4.79 Å². The van der Waals surface area contributed by atoms with Gasteiger partial charge in [-0.1, -0.05) is 24.6 Å². The maximum Gasteiger partial charge on any atom is 0.259 e. The van der Waals surface area contributed by atoms with Gasteiger partial charge in [-0.2, -0.15) is 0 Å². The molecule has 3 N–H and O–H groups in total. The fourth-order valence-electron chi connectivity index (χ4n) is 2.35. The molecule has 0 aliphatic heterocycles. The summed E-state index contributed by atoms with van der Waals surface area (Å²) in [6, 6.07) is 5.25. The minimum atomic E-state index is -0.104. The molecule has 1 saturated carbocycles. The van der Waals surface area contributed by atoms with Crippen LogP contribution in [0.1, 0.15) is 25.7 Å². The smallest absolute Gasteiger partial charge is 0.259 e. The number of nitrogens with two attached hydrogens (primary N) is 1. The van der Waals surface area contributed by atoms with Crippen molar-refractivity contribution in [1.82, 2.24) is 9.97 Å². The molecule has 0 spiro atoms. The number of benzene rings is 1. The second kappa shape index (κ2) is 4.65. The molecule has 0 saturated heterocycles. The van der Waals surface area contributed by atoms with Crippen LogP contribution >= 0.6 is 11.8 Å². The Kier molecular flexibility index (Phi) is 2.99. The largest absolute Gasteiger partial charge is 0.399 e. The second-order valence-corrected chi connectivity index (χ2v) is 5.96. The number of anilines is 1. The predicted molar refractivity (Wildman–Crippen MR) is 74.9 cm³/mol. The third kappa shape index (κ3) is 2.22. The van der Waals surface area contributed by atoms with Crippen LogP contribution in [0.3, 0.4) is 0 Å². The number of nitrogens with zero attached hydrogens (tertiary/aromatic N) is 1. The van der Waals surface area contributed by atoms with Crippen LogP contribution in [0.15, 0.2) is 28.2 Å². The molecule has 1 aliphatic carbocycles. The average molecular weight is 261 g/mol. The highest BCUT2D eigenvalue weighted by molar-refractivity contribution is 7.99.